The van der Waals surface area contributed by atoms with Gasteiger partial charge >= 0.3 is 0 Å². The van der Waals surface area contributed by atoms with Gasteiger partial charge in [0.25, 0.3) is 5.91 Å². The molecule has 20 nitrogen and oxygen atoms in total. The highest BCUT2D eigenvalue weighted by molar-refractivity contribution is 5.96. The molecule has 430 valence electrons. The van der Waals surface area contributed by atoms with E-state index in [0.717, 1.165) is 36.0 Å². The van der Waals surface area contributed by atoms with Crippen LogP contribution in [-0.2, 0) is 61.1 Å². The fourth-order valence-electron chi connectivity index (χ4n) is 10.4. The van der Waals surface area contributed by atoms with Gasteiger partial charge in [-0.15, -0.1) is 0 Å². The van der Waals surface area contributed by atoms with E-state index in [9.17, 15) is 33.6 Å². The quantitative estimate of drug-likeness (QED) is 0.0713. The largest absolute Gasteiger partial charge is 0.491 e. The average Bonchev–Trinajstić information content (AvgIpc) is 4.10. The van der Waals surface area contributed by atoms with E-state index in [1.807, 2.05) is 51.1 Å². The minimum absolute atomic E-state index is 0.00551. The van der Waals surface area contributed by atoms with E-state index in [1.54, 1.807) is 61.6 Å². The third-order valence-electron chi connectivity index (χ3n) is 15.2. The predicted molar refractivity (Wildman–Crippen MR) is 300 cm³/mol. The van der Waals surface area contributed by atoms with Crippen LogP contribution < -0.4 is 31.2 Å². The maximum atomic E-state index is 14.7. The number of fused-ring (bicyclic) bond motifs is 7. The van der Waals surface area contributed by atoms with Gasteiger partial charge in [0.1, 0.15) is 42.4 Å². The molecule has 0 radical (unpaired) electrons. The number of rotatable bonds is 19. The van der Waals surface area contributed by atoms with Gasteiger partial charge in [-0.05, 0) is 110 Å². The molecule has 21 heteroatoms. The highest BCUT2D eigenvalue weighted by Crippen LogP contribution is 2.36. The molecule has 0 spiro atoms. The van der Waals surface area contributed by atoms with Crippen molar-refractivity contribution in [2.75, 3.05) is 66.5 Å². The molecule has 0 unspecified atom stereocenters. The van der Waals surface area contributed by atoms with Gasteiger partial charge in [-0.25, -0.2) is 9.37 Å². The van der Waals surface area contributed by atoms with Crippen LogP contribution in [0.25, 0.3) is 11.3 Å². The highest BCUT2D eigenvalue weighted by Gasteiger charge is 2.43. The number of carbonyl (C=O) groups is 5. The fourth-order valence-corrected chi connectivity index (χ4v) is 10.4. The van der Waals surface area contributed by atoms with Gasteiger partial charge in [0, 0.05) is 44.7 Å². The zero-order valence-corrected chi connectivity index (χ0v) is 47.5. The molecule has 4 heterocycles. The molecular formula is C60H74FN11O9. The van der Waals surface area contributed by atoms with Crippen LogP contribution in [0.3, 0.4) is 0 Å². The minimum atomic E-state index is -0.911. The number of carbonyl (C=O) groups excluding carboxylic acids is 5. The van der Waals surface area contributed by atoms with Crippen molar-refractivity contribution in [2.45, 2.75) is 117 Å². The number of anilines is 1. The van der Waals surface area contributed by atoms with E-state index in [4.69, 9.17) is 24.7 Å². The Bertz CT molecular complexity index is 3170. The number of ether oxygens (including phenoxy) is 4. The van der Waals surface area contributed by atoms with Gasteiger partial charge in [-0.1, -0.05) is 51.1 Å². The van der Waals surface area contributed by atoms with Gasteiger partial charge in [-0.2, -0.15) is 10.4 Å². The van der Waals surface area contributed by atoms with Crippen LogP contribution in [0.2, 0.25) is 0 Å². The Kier molecular flexibility index (Phi) is 19.1. The lowest BCUT2D eigenvalue weighted by Crippen LogP contribution is -2.62. The molecule has 5 amide bonds. The molecule has 3 aromatic carbocycles. The number of nitrogens with one attached hydrogen (secondary N) is 3. The van der Waals surface area contributed by atoms with E-state index >= 15 is 0 Å². The van der Waals surface area contributed by atoms with Crippen molar-refractivity contribution >= 4 is 35.2 Å². The van der Waals surface area contributed by atoms with Crippen LogP contribution in [0.4, 0.5) is 10.1 Å². The number of nitriles is 1. The van der Waals surface area contributed by atoms with Crippen LogP contribution in [0.5, 0.6) is 11.6 Å². The van der Waals surface area contributed by atoms with Crippen molar-refractivity contribution in [1.29, 1.82) is 5.26 Å². The SMILES string of the molecule is CN[C@H](C)C(=O)N[C@@H](C(=O)N1Cc2cc(OCCOCCOCCC(=O)N(C)CCn3nc(C#N)c4c3CN(C)C(=O)c3ccc(F)cc3[C@@H](C)Oc3nc-4ccc3N)ccc2C[C@@H]1C(=O)N[C@H]1CCCc2ccccc21)C(C)(C)C. The maximum absolute atomic E-state index is 14.7. The Morgan fingerprint density at radius 1 is 0.963 bits per heavy atom. The zero-order chi connectivity index (χ0) is 58.1. The molecule has 0 saturated heterocycles. The number of benzene rings is 3. The van der Waals surface area contributed by atoms with Crippen molar-refractivity contribution in [3.63, 3.8) is 0 Å². The number of aryl methyl sites for hydroxylation is 1. The summed E-state index contributed by atoms with van der Waals surface area (Å²) in [5, 5.41) is 24.0. The van der Waals surface area contributed by atoms with Crippen molar-refractivity contribution in [2.24, 2.45) is 5.41 Å². The highest BCUT2D eigenvalue weighted by atomic mass is 19.1. The topological polar surface area (TPSA) is 249 Å². The van der Waals surface area contributed by atoms with Crippen molar-refractivity contribution in [3.8, 4) is 29.0 Å². The number of likely N-dealkylation sites (N-methyl/N-ethyl adjacent to an activating group) is 2. The normalized spacial score (nSPS) is 17.5. The molecule has 2 aliphatic heterocycles. The van der Waals surface area contributed by atoms with Crippen LogP contribution in [0, 0.1) is 22.6 Å². The summed E-state index contributed by atoms with van der Waals surface area (Å²) in [4.78, 5) is 78.8. The Labute approximate surface area is 472 Å². The predicted octanol–water partition coefficient (Wildman–Crippen LogP) is 5.81. The summed E-state index contributed by atoms with van der Waals surface area (Å²) >= 11 is 0. The van der Waals surface area contributed by atoms with Crippen LogP contribution in [0.15, 0.2) is 72.8 Å². The van der Waals surface area contributed by atoms with E-state index in [2.05, 4.69) is 44.2 Å². The molecule has 0 fully saturated rings. The summed E-state index contributed by atoms with van der Waals surface area (Å²) in [5.41, 5.74) is 11.7. The summed E-state index contributed by atoms with van der Waals surface area (Å²) < 4.78 is 39.8. The van der Waals surface area contributed by atoms with Gasteiger partial charge < -0.3 is 55.3 Å². The molecule has 1 aliphatic carbocycles. The molecule has 5 atom stereocenters. The summed E-state index contributed by atoms with van der Waals surface area (Å²) in [5.74, 6) is -1.40. The lowest BCUT2D eigenvalue weighted by molar-refractivity contribution is -0.147. The first-order valence-corrected chi connectivity index (χ1v) is 27.5. The third-order valence-corrected chi connectivity index (χ3v) is 15.2. The number of pyridine rings is 1. The number of nitrogens with zero attached hydrogens (tertiary/aromatic N) is 7. The first-order chi connectivity index (χ1) is 38.8. The van der Waals surface area contributed by atoms with E-state index in [-0.39, 0.29) is 125 Å². The van der Waals surface area contributed by atoms with Crippen molar-refractivity contribution in [3.05, 3.63) is 123 Å². The van der Waals surface area contributed by atoms with Gasteiger partial charge in [-0.3, -0.25) is 28.7 Å². The zero-order valence-electron chi connectivity index (χ0n) is 47.5. The van der Waals surface area contributed by atoms with Crippen molar-refractivity contribution in [1.82, 2.24) is 45.4 Å². The molecule has 81 heavy (non-hydrogen) atoms. The second kappa shape index (κ2) is 26.1. The number of aromatic nitrogens is 3. The number of halogens is 1. The molecule has 0 saturated carbocycles. The molecule has 8 rings (SSSR count). The summed E-state index contributed by atoms with van der Waals surface area (Å²) in [6.07, 6.45) is 2.26. The number of hydrogen-bond acceptors (Lipinski definition) is 14. The van der Waals surface area contributed by atoms with Gasteiger partial charge in [0.2, 0.25) is 29.5 Å². The smallest absolute Gasteiger partial charge is 0.254 e. The fraction of sp³-hybridized carbons (Fsp3) is 0.467. The minimum Gasteiger partial charge on any atom is -0.491 e. The monoisotopic (exact) mass is 1110 g/mol. The second-order valence-electron chi connectivity index (χ2n) is 22.0. The Morgan fingerprint density at radius 2 is 1.72 bits per heavy atom. The number of hydrogen-bond donors (Lipinski definition) is 4. The van der Waals surface area contributed by atoms with Gasteiger partial charge in [0.05, 0.1) is 80.7 Å². The Balaban J connectivity index is 0.825. The van der Waals surface area contributed by atoms with E-state index in [0.29, 0.717) is 28.3 Å². The van der Waals surface area contributed by atoms with Crippen LogP contribution in [-0.4, -0.2) is 138 Å². The Morgan fingerprint density at radius 3 is 2.47 bits per heavy atom. The van der Waals surface area contributed by atoms with Crippen molar-refractivity contribution < 1.29 is 47.3 Å². The van der Waals surface area contributed by atoms with Crippen LogP contribution in [0.1, 0.15) is 116 Å². The molecular weight excluding hydrogens is 1040 g/mol. The summed E-state index contributed by atoms with van der Waals surface area (Å²) in [7, 11) is 4.94. The lowest BCUT2D eigenvalue weighted by Gasteiger charge is -2.41. The van der Waals surface area contributed by atoms with E-state index in [1.165, 1.54) is 28.7 Å². The average molecular weight is 1110 g/mol. The van der Waals surface area contributed by atoms with E-state index < -0.39 is 41.4 Å². The molecule has 3 aliphatic rings. The second-order valence-corrected chi connectivity index (χ2v) is 22.0. The summed E-state index contributed by atoms with van der Waals surface area (Å²) in [6.45, 7) is 10.7. The maximum Gasteiger partial charge on any atom is 0.254 e. The molecule has 2 bridgehead atoms. The number of nitrogens with two attached hydrogens (primary N) is 1. The number of amides is 5. The molecule has 5 N–H and O–H groups in total. The summed E-state index contributed by atoms with van der Waals surface area (Å²) in [6, 6.07) is 20.6. The molecule has 2 aromatic heterocycles. The lowest BCUT2D eigenvalue weighted by atomic mass is 9.83. The Hall–Kier alpha value is -7.93. The third kappa shape index (κ3) is 14.0. The standard InChI is InChI=1S/C60H74FN11O9/c1-36(64-6)55(74)67-54(60(3,4)5)59(77)71-34-40-30-42(18-16-39(40)31-50(71)56(75)65-47-15-11-13-38-12-9-10-14-43(38)47)80-29-28-79-27-26-78-25-22-52(73)69(7)23-24-72-51-35-70(8)58(76)44-19-17-41(61)32-45(44)37(2)81-57-46(63)20-21-48(66-57)53(51)49(33-62)68-72/h9-10,12,14,16-21,30,32,36-37,47,50,54,64H,11,13,15,22-29,31,34-35,63H2,1-8H3,(H,65,75)(H,67,74)/t36-,37-,47+,50-,54+/m1/s1. The van der Waals surface area contributed by atoms with Gasteiger partial charge in [0.15, 0.2) is 5.69 Å². The van der Waals surface area contributed by atoms with Crippen LogP contribution >= 0.6 is 0 Å². The first kappa shape index (κ1) is 59.2. The molecule has 5 aromatic rings. The number of nitrogen functional groups attached to an aromatic ring is 1. The first-order valence-electron chi connectivity index (χ1n) is 27.5.